The van der Waals surface area contributed by atoms with Gasteiger partial charge in [0.25, 0.3) is 11.8 Å². The zero-order valence-electron chi connectivity index (χ0n) is 30.3. The van der Waals surface area contributed by atoms with Gasteiger partial charge in [-0.25, -0.2) is 23.5 Å². The molecular weight excluding hydrogens is 713 g/mol. The molecule has 5 fully saturated rings. The molecule has 2 aromatic rings. The summed E-state index contributed by atoms with van der Waals surface area (Å²) in [6.07, 6.45) is 4.08. The highest BCUT2D eigenvalue weighted by molar-refractivity contribution is 5.99. The summed E-state index contributed by atoms with van der Waals surface area (Å²) < 4.78 is 76.8. The van der Waals surface area contributed by atoms with Gasteiger partial charge in [-0.3, -0.25) is 4.79 Å². The largest absolute Gasteiger partial charge is 0.490 e. The standard InChI is InChI=1S/C39H46F5N5O5/c1-22-13-23-15-24(14-22)38(17-23,34(51)52)47-33(50)29-20-45-35(46-32(29)39(42,43)44)49-21-36(11-3-2-4-12-36)30-16-27(9-10-31(30)49)53-26-7-5-25(6-8-26)48-54-28-18-37(40,41)19-28/h9-10,16,20,22-24,26,28H,2-8,11-15,17-19,21H2,1H3,(H,47,50)(H,51,52). The van der Waals surface area contributed by atoms with Crippen LogP contribution < -0.4 is 15.0 Å². The molecule has 1 aromatic heterocycles. The third-order valence-electron chi connectivity index (χ3n) is 12.9. The number of benzene rings is 1. The number of anilines is 2. The van der Waals surface area contributed by atoms with E-state index in [1.54, 1.807) is 11.0 Å². The average Bonchev–Trinajstić information content (AvgIpc) is 3.56. The minimum atomic E-state index is -5.01. The number of carbonyl (C=O) groups is 2. The van der Waals surface area contributed by atoms with E-state index in [1.165, 1.54) is 0 Å². The number of carbonyl (C=O) groups excluding carboxylic acids is 1. The first-order chi connectivity index (χ1) is 25.6. The van der Waals surface area contributed by atoms with Crippen LogP contribution in [0.25, 0.3) is 0 Å². The Bertz CT molecular complexity index is 1810. The first kappa shape index (κ1) is 36.9. The molecule has 2 bridgehead atoms. The Morgan fingerprint density at radius 2 is 1.76 bits per heavy atom. The summed E-state index contributed by atoms with van der Waals surface area (Å²) in [4.78, 5) is 41.6. The second kappa shape index (κ2) is 13.6. The van der Waals surface area contributed by atoms with E-state index in [9.17, 15) is 36.6 Å². The maximum absolute atomic E-state index is 14.7. The van der Waals surface area contributed by atoms with Crippen molar-refractivity contribution in [3.05, 3.63) is 41.2 Å². The topological polar surface area (TPSA) is 126 Å². The van der Waals surface area contributed by atoms with E-state index in [2.05, 4.69) is 20.4 Å². The van der Waals surface area contributed by atoms with Crippen LogP contribution in [0.3, 0.4) is 0 Å². The molecule has 4 atom stereocenters. The van der Waals surface area contributed by atoms with Crippen molar-refractivity contribution in [1.82, 2.24) is 15.3 Å². The van der Waals surface area contributed by atoms with Crippen LogP contribution in [0.5, 0.6) is 5.75 Å². The number of ether oxygens (including phenoxy) is 1. The number of nitrogens with zero attached hydrogens (tertiary/aromatic N) is 4. The van der Waals surface area contributed by atoms with Crippen LogP contribution in [0.1, 0.15) is 125 Å². The van der Waals surface area contributed by atoms with Crippen molar-refractivity contribution in [2.45, 2.75) is 138 Å². The van der Waals surface area contributed by atoms with E-state index in [0.29, 0.717) is 56.5 Å². The number of oxime groups is 1. The van der Waals surface area contributed by atoms with Gasteiger partial charge in [0.05, 0.1) is 30.2 Å². The number of hydrogen-bond acceptors (Lipinski definition) is 8. The average molecular weight is 760 g/mol. The summed E-state index contributed by atoms with van der Waals surface area (Å²) in [6, 6.07) is 5.62. The maximum atomic E-state index is 14.7. The van der Waals surface area contributed by atoms with Crippen LogP contribution in [-0.2, 0) is 21.2 Å². The number of rotatable bonds is 8. The van der Waals surface area contributed by atoms with Gasteiger partial charge in [-0.15, -0.1) is 0 Å². The quantitative estimate of drug-likeness (QED) is 0.203. The van der Waals surface area contributed by atoms with Gasteiger partial charge in [0.2, 0.25) is 5.95 Å². The van der Waals surface area contributed by atoms with Crippen molar-refractivity contribution in [1.29, 1.82) is 0 Å². The van der Waals surface area contributed by atoms with Crippen molar-refractivity contribution < 1.29 is 46.2 Å². The van der Waals surface area contributed by atoms with Crippen LogP contribution in [0.15, 0.2) is 29.6 Å². The summed E-state index contributed by atoms with van der Waals surface area (Å²) >= 11 is 0. The Hall–Kier alpha value is -4.04. The second-order valence-electron chi connectivity index (χ2n) is 16.8. The zero-order valence-corrected chi connectivity index (χ0v) is 30.3. The minimum absolute atomic E-state index is 0.0814. The van der Waals surface area contributed by atoms with Gasteiger partial charge in [-0.05, 0) is 106 Å². The molecule has 8 rings (SSSR count). The van der Waals surface area contributed by atoms with E-state index in [4.69, 9.17) is 9.57 Å². The molecule has 15 heteroatoms. The lowest BCUT2D eigenvalue weighted by Gasteiger charge is -2.34. The molecule has 4 unspecified atom stereocenters. The highest BCUT2D eigenvalue weighted by Crippen LogP contribution is 2.53. The number of carboxylic acids is 1. The number of hydrogen-bond donors (Lipinski definition) is 2. The molecule has 6 aliphatic rings. The third-order valence-corrected chi connectivity index (χ3v) is 12.9. The fraction of sp³-hybridized carbons (Fsp3) is 0.667. The smallest absolute Gasteiger partial charge is 0.434 e. The van der Waals surface area contributed by atoms with Crippen LogP contribution >= 0.6 is 0 Å². The van der Waals surface area contributed by atoms with E-state index in [1.807, 2.05) is 19.1 Å². The Morgan fingerprint density at radius 1 is 1.02 bits per heavy atom. The Balaban J connectivity index is 1.02. The van der Waals surface area contributed by atoms with Crippen LogP contribution in [-0.4, -0.2) is 62.9 Å². The summed E-state index contributed by atoms with van der Waals surface area (Å²) in [5.41, 5.74) is -1.71. The van der Waals surface area contributed by atoms with Crippen molar-refractivity contribution in [3.8, 4) is 5.75 Å². The van der Waals surface area contributed by atoms with Gasteiger partial charge in [0.1, 0.15) is 17.4 Å². The van der Waals surface area contributed by atoms with Gasteiger partial charge < -0.3 is 24.9 Å². The first-order valence-electron chi connectivity index (χ1n) is 19.3. The number of halogens is 5. The van der Waals surface area contributed by atoms with Gasteiger partial charge in [0, 0.05) is 23.8 Å². The lowest BCUT2D eigenvalue weighted by Crippen LogP contribution is -2.57. The highest BCUT2D eigenvalue weighted by atomic mass is 19.4. The van der Waals surface area contributed by atoms with Crippen LogP contribution in [0.4, 0.5) is 33.6 Å². The number of alkyl halides is 5. The highest BCUT2D eigenvalue weighted by Gasteiger charge is 2.57. The van der Waals surface area contributed by atoms with E-state index in [-0.39, 0.29) is 54.5 Å². The summed E-state index contributed by atoms with van der Waals surface area (Å²) in [5, 5.41) is 17.0. The predicted octanol–water partition coefficient (Wildman–Crippen LogP) is 8.35. The molecule has 0 radical (unpaired) electrons. The predicted molar refractivity (Wildman–Crippen MR) is 187 cm³/mol. The molecule has 54 heavy (non-hydrogen) atoms. The van der Waals surface area contributed by atoms with E-state index in [0.717, 1.165) is 56.0 Å². The third kappa shape index (κ3) is 6.88. The molecule has 1 spiro atoms. The normalized spacial score (nSPS) is 30.0. The molecule has 5 aliphatic carbocycles. The van der Waals surface area contributed by atoms with E-state index < -0.39 is 46.9 Å². The van der Waals surface area contributed by atoms with Crippen molar-refractivity contribution >= 4 is 29.2 Å². The van der Waals surface area contributed by atoms with Gasteiger partial charge in [-0.2, -0.15) is 13.2 Å². The van der Waals surface area contributed by atoms with Gasteiger partial charge >= 0.3 is 12.1 Å². The monoisotopic (exact) mass is 759 g/mol. The maximum Gasteiger partial charge on any atom is 0.434 e. The molecule has 2 N–H and O–H groups in total. The lowest BCUT2D eigenvalue weighted by atomic mass is 9.71. The van der Waals surface area contributed by atoms with Crippen molar-refractivity contribution in [2.24, 2.45) is 22.9 Å². The number of aromatic nitrogens is 2. The summed E-state index contributed by atoms with van der Waals surface area (Å²) in [7, 11) is 0. The molecule has 1 amide bonds. The first-order valence-corrected chi connectivity index (χ1v) is 19.3. The molecule has 292 valence electrons. The Kier molecular flexibility index (Phi) is 9.30. The number of nitrogens with one attached hydrogen (secondary N) is 1. The van der Waals surface area contributed by atoms with E-state index >= 15 is 0 Å². The Labute approximate surface area is 310 Å². The fourth-order valence-corrected chi connectivity index (χ4v) is 10.3. The lowest BCUT2D eigenvalue weighted by molar-refractivity contribution is -0.165. The molecule has 2 heterocycles. The number of amides is 1. The fourth-order valence-electron chi connectivity index (χ4n) is 10.3. The molecule has 10 nitrogen and oxygen atoms in total. The van der Waals surface area contributed by atoms with Crippen LogP contribution in [0, 0.1) is 17.8 Å². The molecule has 1 aliphatic heterocycles. The summed E-state index contributed by atoms with van der Waals surface area (Å²) in [5.74, 6) is -4.58. The summed E-state index contributed by atoms with van der Waals surface area (Å²) in [6.45, 7) is 2.40. The zero-order chi connectivity index (χ0) is 38.0. The molecule has 1 aromatic carbocycles. The number of fused-ring (bicyclic) bond motifs is 4. The SMILES string of the molecule is CC1CC2CC(C1)C(NC(=O)c1cnc(N3CC4(CCCCC4)c4cc(OC5CCC(=NOC6CC(F)(F)C6)CC5)ccc43)nc1C(F)(F)F)(C(=O)O)C2. The van der Waals surface area contributed by atoms with Gasteiger partial charge in [0.15, 0.2) is 5.69 Å². The van der Waals surface area contributed by atoms with Crippen molar-refractivity contribution in [3.63, 3.8) is 0 Å². The number of carboxylic acid groups (broad SMARTS) is 1. The van der Waals surface area contributed by atoms with Crippen molar-refractivity contribution in [2.75, 3.05) is 11.4 Å². The Morgan fingerprint density at radius 3 is 2.44 bits per heavy atom. The molecule has 5 saturated carbocycles. The van der Waals surface area contributed by atoms with Gasteiger partial charge in [-0.1, -0.05) is 31.3 Å². The minimum Gasteiger partial charge on any atom is -0.490 e. The number of aliphatic carboxylic acids is 1. The second-order valence-corrected chi connectivity index (χ2v) is 16.8. The molecular formula is C39H46F5N5O5. The molecule has 0 saturated heterocycles. The van der Waals surface area contributed by atoms with Crippen LogP contribution in [0.2, 0.25) is 0 Å².